The van der Waals surface area contributed by atoms with E-state index in [1.807, 2.05) is 23.6 Å². The summed E-state index contributed by atoms with van der Waals surface area (Å²) in [6.45, 7) is 0.589. The second kappa shape index (κ2) is 6.94. The number of aromatic nitrogens is 1. The molecule has 3 rings (SSSR count). The van der Waals surface area contributed by atoms with E-state index in [9.17, 15) is 4.79 Å². The zero-order valence-electron chi connectivity index (χ0n) is 12.1. The summed E-state index contributed by atoms with van der Waals surface area (Å²) in [5, 5.41) is 14.6. The van der Waals surface area contributed by atoms with Crippen molar-refractivity contribution in [3.63, 3.8) is 0 Å². The Morgan fingerprint density at radius 1 is 1.39 bits per heavy atom. The second-order valence-electron chi connectivity index (χ2n) is 4.77. The number of hydrogen-bond donors (Lipinski definition) is 0. The fourth-order valence-electron chi connectivity index (χ4n) is 2.10. The van der Waals surface area contributed by atoms with Crippen molar-refractivity contribution in [3.8, 4) is 16.7 Å². The Balaban J connectivity index is 1.78. The molecule has 0 radical (unpaired) electrons. The van der Waals surface area contributed by atoms with Crippen molar-refractivity contribution in [2.75, 3.05) is 6.54 Å². The van der Waals surface area contributed by atoms with Crippen molar-refractivity contribution in [3.05, 3.63) is 53.4 Å². The molecule has 7 heteroatoms. The highest BCUT2D eigenvalue weighted by atomic mass is 32.1. The number of thiophene rings is 1. The molecule has 0 aliphatic rings. The molecule has 0 N–H and O–H groups in total. The van der Waals surface area contributed by atoms with Gasteiger partial charge in [-0.1, -0.05) is 11.2 Å². The van der Waals surface area contributed by atoms with Crippen LogP contribution in [-0.4, -0.2) is 22.5 Å². The fourth-order valence-corrected chi connectivity index (χ4v) is 2.77. The summed E-state index contributed by atoms with van der Waals surface area (Å²) in [4.78, 5) is 15.1. The van der Waals surface area contributed by atoms with Crippen LogP contribution in [0.3, 0.4) is 0 Å². The fraction of sp³-hybridized carbons (Fsp3) is 0.188. The summed E-state index contributed by atoms with van der Waals surface area (Å²) < 4.78 is 10.5. The first kappa shape index (κ1) is 15.1. The van der Waals surface area contributed by atoms with Gasteiger partial charge in [0.1, 0.15) is 5.76 Å². The molecule has 1 amide bonds. The van der Waals surface area contributed by atoms with Crippen LogP contribution in [-0.2, 0) is 6.54 Å². The number of rotatable bonds is 6. The molecule has 0 aromatic carbocycles. The van der Waals surface area contributed by atoms with Gasteiger partial charge in [0, 0.05) is 12.6 Å². The summed E-state index contributed by atoms with van der Waals surface area (Å²) in [6, 6.07) is 11.0. The largest absolute Gasteiger partial charge is 0.467 e. The Morgan fingerprint density at radius 2 is 2.30 bits per heavy atom. The van der Waals surface area contributed by atoms with E-state index in [0.29, 0.717) is 18.1 Å². The van der Waals surface area contributed by atoms with Crippen molar-refractivity contribution in [1.29, 1.82) is 5.26 Å². The Labute approximate surface area is 136 Å². The maximum absolute atomic E-state index is 12.6. The molecule has 0 unspecified atom stereocenters. The van der Waals surface area contributed by atoms with E-state index in [1.54, 1.807) is 24.5 Å². The first-order chi connectivity index (χ1) is 11.3. The number of nitrogens with zero attached hydrogens (tertiary/aromatic N) is 3. The van der Waals surface area contributed by atoms with E-state index in [4.69, 9.17) is 14.2 Å². The van der Waals surface area contributed by atoms with Crippen LogP contribution in [0.4, 0.5) is 0 Å². The standard InChI is InChI=1S/C16H13N3O3S/c17-6-3-7-19(11-12-4-1-8-21-12)16(20)13-10-14(22-18-13)15-5-2-9-23-15/h1-2,4-5,8-10H,3,7,11H2. The zero-order valence-corrected chi connectivity index (χ0v) is 13.0. The molecule has 0 fully saturated rings. The number of furan rings is 1. The van der Waals surface area contributed by atoms with Crippen molar-refractivity contribution < 1.29 is 13.7 Å². The summed E-state index contributed by atoms with van der Waals surface area (Å²) >= 11 is 1.51. The molecule has 3 aromatic heterocycles. The normalized spacial score (nSPS) is 10.4. The molecule has 23 heavy (non-hydrogen) atoms. The molecule has 6 nitrogen and oxygen atoms in total. The molecule has 0 aliphatic heterocycles. The minimum atomic E-state index is -0.289. The van der Waals surface area contributed by atoms with Gasteiger partial charge in [-0.05, 0) is 23.6 Å². The van der Waals surface area contributed by atoms with Gasteiger partial charge >= 0.3 is 0 Å². The monoisotopic (exact) mass is 327 g/mol. The smallest absolute Gasteiger partial charge is 0.276 e. The Bertz CT molecular complexity index is 800. The van der Waals surface area contributed by atoms with Crippen molar-refractivity contribution >= 4 is 17.2 Å². The Kier molecular flexibility index (Phi) is 4.54. The molecule has 0 bridgehead atoms. The molecular weight excluding hydrogens is 314 g/mol. The molecule has 0 saturated heterocycles. The molecule has 3 aromatic rings. The number of amides is 1. The average Bonchev–Trinajstić information content (AvgIpc) is 3.32. The lowest BCUT2D eigenvalue weighted by Crippen LogP contribution is -2.31. The van der Waals surface area contributed by atoms with Gasteiger partial charge in [0.05, 0.1) is 30.2 Å². The lowest BCUT2D eigenvalue weighted by atomic mass is 10.2. The van der Waals surface area contributed by atoms with Gasteiger partial charge in [0.25, 0.3) is 5.91 Å². The van der Waals surface area contributed by atoms with Crippen LogP contribution in [0.1, 0.15) is 22.7 Å². The molecule has 0 spiro atoms. The van der Waals surface area contributed by atoms with Gasteiger partial charge in [-0.2, -0.15) is 5.26 Å². The van der Waals surface area contributed by atoms with Crippen molar-refractivity contribution in [1.82, 2.24) is 10.1 Å². The molecule has 116 valence electrons. The van der Waals surface area contributed by atoms with Gasteiger partial charge < -0.3 is 13.8 Å². The third-order valence-electron chi connectivity index (χ3n) is 3.20. The van der Waals surface area contributed by atoms with Crippen LogP contribution in [0.25, 0.3) is 10.6 Å². The van der Waals surface area contributed by atoms with Crippen molar-refractivity contribution in [2.24, 2.45) is 0 Å². The summed E-state index contributed by atoms with van der Waals surface area (Å²) in [5.74, 6) is 0.919. The van der Waals surface area contributed by atoms with E-state index in [1.165, 1.54) is 16.2 Å². The van der Waals surface area contributed by atoms with Gasteiger partial charge in [0.2, 0.25) is 0 Å². The van der Waals surface area contributed by atoms with E-state index in [0.717, 1.165) is 4.88 Å². The van der Waals surface area contributed by atoms with Crippen LogP contribution in [0.15, 0.2) is 50.9 Å². The Hall–Kier alpha value is -2.85. The molecule has 0 aliphatic carbocycles. The van der Waals surface area contributed by atoms with Crippen LogP contribution < -0.4 is 0 Å². The highest BCUT2D eigenvalue weighted by Crippen LogP contribution is 2.25. The quantitative estimate of drug-likeness (QED) is 0.691. The third-order valence-corrected chi connectivity index (χ3v) is 4.09. The van der Waals surface area contributed by atoms with Gasteiger partial charge in [0.15, 0.2) is 11.5 Å². The summed E-state index contributed by atoms with van der Waals surface area (Å²) in [5.41, 5.74) is 0.220. The Morgan fingerprint density at radius 3 is 3.00 bits per heavy atom. The summed E-state index contributed by atoms with van der Waals surface area (Å²) in [6.07, 6.45) is 1.79. The predicted octanol–water partition coefficient (Wildman–Crippen LogP) is 3.55. The molecule has 0 saturated carbocycles. The highest BCUT2D eigenvalue weighted by molar-refractivity contribution is 7.13. The highest BCUT2D eigenvalue weighted by Gasteiger charge is 2.21. The third kappa shape index (κ3) is 3.49. The van der Waals surface area contributed by atoms with Crippen LogP contribution in [0.2, 0.25) is 0 Å². The molecule has 0 atom stereocenters. The topological polar surface area (TPSA) is 83.3 Å². The lowest BCUT2D eigenvalue weighted by Gasteiger charge is -2.18. The number of carbonyl (C=O) groups excluding carboxylic acids is 1. The van der Waals surface area contributed by atoms with Crippen LogP contribution >= 0.6 is 11.3 Å². The zero-order chi connectivity index (χ0) is 16.1. The van der Waals surface area contributed by atoms with Crippen molar-refractivity contribution in [2.45, 2.75) is 13.0 Å². The van der Waals surface area contributed by atoms with Gasteiger partial charge in [-0.3, -0.25) is 4.79 Å². The van der Waals surface area contributed by atoms with E-state index in [2.05, 4.69) is 5.16 Å². The average molecular weight is 327 g/mol. The number of hydrogen-bond acceptors (Lipinski definition) is 6. The number of carbonyl (C=O) groups is 1. The molecule has 3 heterocycles. The minimum absolute atomic E-state index is 0.220. The van der Waals surface area contributed by atoms with Gasteiger partial charge in [-0.15, -0.1) is 11.3 Å². The lowest BCUT2D eigenvalue weighted by molar-refractivity contribution is 0.0725. The SMILES string of the molecule is N#CCCN(Cc1ccco1)C(=O)c1cc(-c2cccs2)on1. The maximum atomic E-state index is 12.6. The van der Waals surface area contributed by atoms with Gasteiger partial charge in [-0.25, -0.2) is 0 Å². The van der Waals surface area contributed by atoms with Crippen LogP contribution in [0, 0.1) is 11.3 Å². The van der Waals surface area contributed by atoms with E-state index in [-0.39, 0.29) is 24.6 Å². The molecular formula is C16H13N3O3S. The summed E-state index contributed by atoms with van der Waals surface area (Å²) in [7, 11) is 0. The van der Waals surface area contributed by atoms with E-state index >= 15 is 0 Å². The number of nitriles is 1. The van der Waals surface area contributed by atoms with E-state index < -0.39 is 0 Å². The predicted molar refractivity (Wildman–Crippen MR) is 83.5 cm³/mol. The first-order valence-electron chi connectivity index (χ1n) is 6.97. The minimum Gasteiger partial charge on any atom is -0.467 e. The van der Waals surface area contributed by atoms with Crippen LogP contribution in [0.5, 0.6) is 0 Å². The second-order valence-corrected chi connectivity index (χ2v) is 5.72. The first-order valence-corrected chi connectivity index (χ1v) is 7.85. The maximum Gasteiger partial charge on any atom is 0.276 e.